The van der Waals surface area contributed by atoms with Crippen molar-refractivity contribution in [3.8, 4) is 0 Å². The number of thiophene rings is 1. The van der Waals surface area contributed by atoms with Crippen LogP contribution in [0.25, 0.3) is 0 Å². The van der Waals surface area contributed by atoms with Gasteiger partial charge in [0.05, 0.1) is 6.04 Å². The van der Waals surface area contributed by atoms with Crippen LogP contribution in [0.1, 0.15) is 35.0 Å². The molecule has 24 heavy (non-hydrogen) atoms. The molecule has 0 aliphatic carbocycles. The van der Waals surface area contributed by atoms with Crippen LogP contribution in [0.2, 0.25) is 0 Å². The topological polar surface area (TPSA) is 34.0 Å². The second kappa shape index (κ2) is 7.49. The molecule has 124 valence electrons. The van der Waals surface area contributed by atoms with Gasteiger partial charge in [-0.2, -0.15) is 0 Å². The molecule has 3 rings (SSSR count). The molecule has 2 unspecified atom stereocenters. The van der Waals surface area contributed by atoms with E-state index in [-0.39, 0.29) is 18.0 Å². The molecule has 0 aliphatic rings. The standard InChI is InChI=1S/C20H22N2OS/c1-15-10-13-24-19(15)18(14-17-8-4-3-5-9-17)21-20(23)16(2)22-11-6-7-12-22/h3-13,16,18H,14H2,1-2H3,(H,21,23). The van der Waals surface area contributed by atoms with Gasteiger partial charge in [-0.05, 0) is 55.0 Å². The first-order chi connectivity index (χ1) is 11.6. The van der Waals surface area contributed by atoms with E-state index in [4.69, 9.17) is 0 Å². The number of nitrogens with one attached hydrogen (secondary N) is 1. The van der Waals surface area contributed by atoms with Crippen molar-refractivity contribution in [3.05, 3.63) is 82.3 Å². The van der Waals surface area contributed by atoms with Gasteiger partial charge in [-0.3, -0.25) is 4.79 Å². The van der Waals surface area contributed by atoms with Crippen molar-refractivity contribution in [1.29, 1.82) is 0 Å². The van der Waals surface area contributed by atoms with Gasteiger partial charge in [0.25, 0.3) is 0 Å². The van der Waals surface area contributed by atoms with Gasteiger partial charge in [0.1, 0.15) is 6.04 Å². The van der Waals surface area contributed by atoms with Gasteiger partial charge in [0, 0.05) is 17.3 Å². The number of nitrogens with zero attached hydrogens (tertiary/aromatic N) is 1. The van der Waals surface area contributed by atoms with Gasteiger partial charge in [-0.25, -0.2) is 0 Å². The number of hydrogen-bond acceptors (Lipinski definition) is 2. The second-order valence-corrected chi connectivity index (χ2v) is 6.97. The zero-order valence-electron chi connectivity index (χ0n) is 14.0. The van der Waals surface area contributed by atoms with Crippen LogP contribution in [-0.2, 0) is 11.2 Å². The van der Waals surface area contributed by atoms with Crippen molar-refractivity contribution in [2.75, 3.05) is 0 Å². The Labute approximate surface area is 147 Å². The zero-order valence-corrected chi connectivity index (χ0v) is 14.8. The average molecular weight is 338 g/mol. The number of amides is 1. The fourth-order valence-corrected chi connectivity index (χ4v) is 3.81. The SMILES string of the molecule is Cc1ccsc1C(Cc1ccccc1)NC(=O)C(C)n1cccc1. The minimum absolute atomic E-state index is 0.00193. The molecule has 1 N–H and O–H groups in total. The highest BCUT2D eigenvalue weighted by atomic mass is 32.1. The summed E-state index contributed by atoms with van der Waals surface area (Å²) in [5.41, 5.74) is 2.46. The van der Waals surface area contributed by atoms with Crippen LogP contribution in [0.4, 0.5) is 0 Å². The zero-order chi connectivity index (χ0) is 16.9. The summed E-state index contributed by atoms with van der Waals surface area (Å²) in [6.07, 6.45) is 4.64. The molecule has 0 bridgehead atoms. The summed E-state index contributed by atoms with van der Waals surface area (Å²) >= 11 is 1.71. The highest BCUT2D eigenvalue weighted by Crippen LogP contribution is 2.27. The smallest absolute Gasteiger partial charge is 0.243 e. The Morgan fingerprint density at radius 2 is 1.83 bits per heavy atom. The first-order valence-electron chi connectivity index (χ1n) is 8.16. The Morgan fingerprint density at radius 1 is 1.12 bits per heavy atom. The van der Waals surface area contributed by atoms with Crippen LogP contribution in [-0.4, -0.2) is 10.5 Å². The molecule has 2 atom stereocenters. The van der Waals surface area contributed by atoms with E-state index in [0.717, 1.165) is 6.42 Å². The number of carbonyl (C=O) groups excluding carboxylic acids is 1. The van der Waals surface area contributed by atoms with E-state index >= 15 is 0 Å². The van der Waals surface area contributed by atoms with Gasteiger partial charge in [-0.15, -0.1) is 11.3 Å². The number of aryl methyl sites for hydroxylation is 1. The molecule has 2 heterocycles. The Bertz CT molecular complexity index is 777. The lowest BCUT2D eigenvalue weighted by atomic mass is 10.0. The summed E-state index contributed by atoms with van der Waals surface area (Å²) in [5.74, 6) is 0.0416. The quantitative estimate of drug-likeness (QED) is 0.704. The molecule has 0 saturated heterocycles. The predicted octanol–water partition coefficient (Wildman–Crippen LogP) is 4.52. The third kappa shape index (κ3) is 3.77. The Hall–Kier alpha value is -2.33. The maximum atomic E-state index is 12.7. The molecule has 1 aromatic carbocycles. The average Bonchev–Trinajstić information content (AvgIpc) is 3.26. The molecule has 4 heteroatoms. The minimum atomic E-state index is -0.224. The molecule has 1 amide bonds. The van der Waals surface area contributed by atoms with Gasteiger partial charge in [-0.1, -0.05) is 30.3 Å². The summed E-state index contributed by atoms with van der Waals surface area (Å²) in [6.45, 7) is 4.03. The normalized spacial score (nSPS) is 13.4. The van der Waals surface area contributed by atoms with E-state index in [9.17, 15) is 4.79 Å². The Balaban J connectivity index is 1.80. The number of aromatic nitrogens is 1. The third-order valence-electron chi connectivity index (χ3n) is 4.27. The molecular formula is C20H22N2OS. The summed E-state index contributed by atoms with van der Waals surface area (Å²) < 4.78 is 1.93. The van der Waals surface area contributed by atoms with Crippen molar-refractivity contribution < 1.29 is 4.79 Å². The van der Waals surface area contributed by atoms with E-state index in [2.05, 4.69) is 35.8 Å². The van der Waals surface area contributed by atoms with E-state index in [1.807, 2.05) is 54.2 Å². The van der Waals surface area contributed by atoms with Crippen molar-refractivity contribution in [2.24, 2.45) is 0 Å². The molecule has 0 saturated carbocycles. The predicted molar refractivity (Wildman–Crippen MR) is 99.2 cm³/mol. The lowest BCUT2D eigenvalue weighted by Crippen LogP contribution is -2.34. The summed E-state index contributed by atoms with van der Waals surface area (Å²) in [7, 11) is 0. The van der Waals surface area contributed by atoms with Gasteiger partial charge in [0.15, 0.2) is 0 Å². The molecular weight excluding hydrogens is 316 g/mol. The lowest BCUT2D eigenvalue weighted by Gasteiger charge is -2.22. The number of rotatable bonds is 6. The molecule has 0 aliphatic heterocycles. The monoisotopic (exact) mass is 338 g/mol. The second-order valence-electron chi connectivity index (χ2n) is 6.02. The van der Waals surface area contributed by atoms with Crippen LogP contribution in [0.15, 0.2) is 66.3 Å². The molecule has 3 aromatic rings. The van der Waals surface area contributed by atoms with E-state index < -0.39 is 0 Å². The van der Waals surface area contributed by atoms with Crippen molar-refractivity contribution in [2.45, 2.75) is 32.4 Å². The lowest BCUT2D eigenvalue weighted by molar-refractivity contribution is -0.124. The Morgan fingerprint density at radius 3 is 2.46 bits per heavy atom. The molecule has 3 nitrogen and oxygen atoms in total. The molecule has 2 aromatic heterocycles. The minimum Gasteiger partial charge on any atom is -0.346 e. The molecule has 0 fully saturated rings. The summed E-state index contributed by atoms with van der Waals surface area (Å²) in [4.78, 5) is 13.9. The van der Waals surface area contributed by atoms with Gasteiger partial charge < -0.3 is 9.88 Å². The maximum Gasteiger partial charge on any atom is 0.243 e. The number of benzene rings is 1. The van der Waals surface area contributed by atoms with Crippen LogP contribution < -0.4 is 5.32 Å². The Kier molecular flexibility index (Phi) is 5.16. The van der Waals surface area contributed by atoms with Crippen LogP contribution in [0.3, 0.4) is 0 Å². The molecule has 0 radical (unpaired) electrons. The van der Waals surface area contributed by atoms with Crippen molar-refractivity contribution >= 4 is 17.2 Å². The van der Waals surface area contributed by atoms with E-state index in [1.54, 1.807) is 11.3 Å². The van der Waals surface area contributed by atoms with Gasteiger partial charge in [0.2, 0.25) is 5.91 Å². The maximum absolute atomic E-state index is 12.7. The molecule has 0 spiro atoms. The first-order valence-corrected chi connectivity index (χ1v) is 9.04. The van der Waals surface area contributed by atoms with Crippen LogP contribution in [0.5, 0.6) is 0 Å². The van der Waals surface area contributed by atoms with Crippen molar-refractivity contribution in [3.63, 3.8) is 0 Å². The fourth-order valence-electron chi connectivity index (χ4n) is 2.83. The third-order valence-corrected chi connectivity index (χ3v) is 5.40. The van der Waals surface area contributed by atoms with Crippen LogP contribution in [0, 0.1) is 6.92 Å². The highest BCUT2D eigenvalue weighted by molar-refractivity contribution is 7.10. The highest BCUT2D eigenvalue weighted by Gasteiger charge is 2.22. The number of hydrogen-bond donors (Lipinski definition) is 1. The van der Waals surface area contributed by atoms with E-state index in [0.29, 0.717) is 0 Å². The first kappa shape index (κ1) is 16.5. The largest absolute Gasteiger partial charge is 0.346 e. The van der Waals surface area contributed by atoms with Gasteiger partial charge >= 0.3 is 0 Å². The van der Waals surface area contributed by atoms with E-state index in [1.165, 1.54) is 16.0 Å². The summed E-state index contributed by atoms with van der Waals surface area (Å²) in [6, 6.07) is 16.1. The van der Waals surface area contributed by atoms with Crippen molar-refractivity contribution in [1.82, 2.24) is 9.88 Å². The van der Waals surface area contributed by atoms with Crippen LogP contribution >= 0.6 is 11.3 Å². The number of carbonyl (C=O) groups is 1. The summed E-state index contributed by atoms with van der Waals surface area (Å²) in [5, 5.41) is 5.33. The fraction of sp³-hybridized carbons (Fsp3) is 0.250.